The van der Waals surface area contributed by atoms with Crippen molar-refractivity contribution in [2.45, 2.75) is 12.8 Å². The SMILES string of the molecule is O=C(COC(=O)C1CCN(C(=O)c2ccco2)CC1)Nc1ccccc1I. The van der Waals surface area contributed by atoms with E-state index in [2.05, 4.69) is 27.9 Å². The van der Waals surface area contributed by atoms with Crippen LogP contribution in [0.25, 0.3) is 0 Å². The Morgan fingerprint density at radius 2 is 1.89 bits per heavy atom. The molecule has 1 aliphatic heterocycles. The van der Waals surface area contributed by atoms with Gasteiger partial charge in [-0.3, -0.25) is 14.4 Å². The third-order valence-corrected chi connectivity index (χ3v) is 5.28. The number of carbonyl (C=O) groups excluding carboxylic acids is 3. The number of benzene rings is 1. The number of nitrogens with zero attached hydrogens (tertiary/aromatic N) is 1. The Morgan fingerprint density at radius 1 is 1.15 bits per heavy atom. The Hall–Kier alpha value is -2.36. The number of piperidine rings is 1. The maximum atomic E-state index is 12.2. The minimum Gasteiger partial charge on any atom is -0.459 e. The summed E-state index contributed by atoms with van der Waals surface area (Å²) in [7, 11) is 0. The van der Waals surface area contributed by atoms with Crippen LogP contribution in [0.1, 0.15) is 23.4 Å². The van der Waals surface area contributed by atoms with Crippen LogP contribution in [0.15, 0.2) is 47.1 Å². The number of carbonyl (C=O) groups is 3. The third-order valence-electron chi connectivity index (χ3n) is 4.34. The van der Waals surface area contributed by atoms with Crippen molar-refractivity contribution in [3.05, 3.63) is 52.0 Å². The molecule has 0 aliphatic carbocycles. The topological polar surface area (TPSA) is 88.9 Å². The normalized spacial score (nSPS) is 14.6. The standard InChI is InChI=1S/C19H19IN2O5/c20-14-4-1-2-5-15(14)21-17(23)12-27-19(25)13-7-9-22(10-8-13)18(24)16-6-3-11-26-16/h1-6,11,13H,7-10,12H2,(H,21,23). The van der Waals surface area contributed by atoms with Crippen molar-refractivity contribution in [2.24, 2.45) is 5.92 Å². The number of para-hydroxylation sites is 1. The van der Waals surface area contributed by atoms with Crippen molar-refractivity contribution < 1.29 is 23.5 Å². The van der Waals surface area contributed by atoms with Crippen molar-refractivity contribution in [3.8, 4) is 0 Å². The lowest BCUT2D eigenvalue weighted by molar-refractivity contribution is -0.152. The molecule has 0 bridgehead atoms. The van der Waals surface area contributed by atoms with Crippen molar-refractivity contribution in [1.82, 2.24) is 4.90 Å². The highest BCUT2D eigenvalue weighted by molar-refractivity contribution is 14.1. The first-order valence-corrected chi connectivity index (χ1v) is 9.66. The van der Waals surface area contributed by atoms with Crippen LogP contribution in [-0.4, -0.2) is 42.4 Å². The largest absolute Gasteiger partial charge is 0.459 e. The fourth-order valence-corrected chi connectivity index (χ4v) is 3.40. The van der Waals surface area contributed by atoms with Gasteiger partial charge in [0, 0.05) is 16.7 Å². The summed E-state index contributed by atoms with van der Waals surface area (Å²) < 4.78 is 11.2. The maximum Gasteiger partial charge on any atom is 0.309 e. The molecule has 2 heterocycles. The highest BCUT2D eigenvalue weighted by atomic mass is 127. The van der Waals surface area contributed by atoms with Gasteiger partial charge in [-0.25, -0.2) is 0 Å². The molecule has 7 nitrogen and oxygen atoms in total. The number of esters is 1. The van der Waals surface area contributed by atoms with Crippen LogP contribution in [0.5, 0.6) is 0 Å². The van der Waals surface area contributed by atoms with Crippen LogP contribution in [0, 0.1) is 9.49 Å². The van der Waals surface area contributed by atoms with E-state index in [9.17, 15) is 14.4 Å². The molecule has 2 amide bonds. The second kappa shape index (κ2) is 9.03. The molecule has 142 valence electrons. The molecule has 8 heteroatoms. The summed E-state index contributed by atoms with van der Waals surface area (Å²) in [5, 5.41) is 2.72. The van der Waals surface area contributed by atoms with Gasteiger partial charge in [0.1, 0.15) is 0 Å². The Morgan fingerprint density at radius 3 is 2.56 bits per heavy atom. The molecule has 2 aromatic rings. The van der Waals surface area contributed by atoms with Crippen molar-refractivity contribution in [3.63, 3.8) is 0 Å². The molecule has 1 N–H and O–H groups in total. The van der Waals surface area contributed by atoms with Gasteiger partial charge in [-0.15, -0.1) is 0 Å². The maximum absolute atomic E-state index is 12.2. The minimum absolute atomic E-state index is 0.177. The Balaban J connectivity index is 1.42. The van der Waals surface area contributed by atoms with Crippen molar-refractivity contribution >= 4 is 46.1 Å². The number of ether oxygens (including phenoxy) is 1. The molecule has 0 spiro atoms. The molecular formula is C19H19IN2O5. The molecule has 1 aromatic heterocycles. The number of rotatable bonds is 5. The first-order chi connectivity index (χ1) is 13.0. The van der Waals surface area contributed by atoms with Gasteiger partial charge in [0.15, 0.2) is 12.4 Å². The van der Waals surface area contributed by atoms with Crippen LogP contribution in [0.2, 0.25) is 0 Å². The summed E-state index contributed by atoms with van der Waals surface area (Å²) in [5.74, 6) is -0.974. The van der Waals surface area contributed by atoms with Crippen molar-refractivity contribution in [1.29, 1.82) is 0 Å². The van der Waals surface area contributed by atoms with E-state index < -0.39 is 5.97 Å². The van der Waals surface area contributed by atoms with Crippen molar-refractivity contribution in [2.75, 3.05) is 25.0 Å². The number of hydrogen-bond acceptors (Lipinski definition) is 5. The Bertz CT molecular complexity index is 813. The molecule has 1 saturated heterocycles. The molecule has 27 heavy (non-hydrogen) atoms. The molecule has 1 aliphatic rings. The van der Waals surface area contributed by atoms with E-state index in [1.807, 2.05) is 18.2 Å². The molecule has 0 saturated carbocycles. The summed E-state index contributed by atoms with van der Waals surface area (Å²) in [6.45, 7) is 0.580. The van der Waals surface area contributed by atoms with Gasteiger partial charge in [0.05, 0.1) is 17.9 Å². The van der Waals surface area contributed by atoms with E-state index in [1.165, 1.54) is 6.26 Å². The number of nitrogens with one attached hydrogen (secondary N) is 1. The molecule has 0 unspecified atom stereocenters. The zero-order valence-corrected chi connectivity index (χ0v) is 16.7. The molecule has 1 fully saturated rings. The average Bonchev–Trinajstić information content (AvgIpc) is 3.22. The number of furan rings is 1. The van der Waals surface area contributed by atoms with Crippen LogP contribution in [0.4, 0.5) is 5.69 Å². The second-order valence-corrected chi connectivity index (χ2v) is 7.34. The number of amides is 2. The van der Waals surface area contributed by atoms with Gasteiger partial charge in [0.25, 0.3) is 11.8 Å². The van der Waals surface area contributed by atoms with E-state index in [-0.39, 0.29) is 24.3 Å². The summed E-state index contributed by atoms with van der Waals surface area (Å²) in [6.07, 6.45) is 2.46. The number of halogens is 1. The monoisotopic (exact) mass is 482 g/mol. The minimum atomic E-state index is -0.405. The second-order valence-electron chi connectivity index (χ2n) is 6.18. The lowest BCUT2D eigenvalue weighted by atomic mass is 9.97. The van der Waals surface area contributed by atoms with Crippen LogP contribution in [-0.2, 0) is 14.3 Å². The smallest absolute Gasteiger partial charge is 0.309 e. The Labute approximate surface area is 170 Å². The van der Waals surface area contributed by atoms with Crippen LogP contribution < -0.4 is 5.32 Å². The van der Waals surface area contributed by atoms with Gasteiger partial charge >= 0.3 is 5.97 Å². The molecule has 0 radical (unpaired) electrons. The van der Waals surface area contributed by atoms with E-state index in [4.69, 9.17) is 9.15 Å². The van der Waals surface area contributed by atoms with Gasteiger partial charge in [-0.05, 0) is 59.7 Å². The third kappa shape index (κ3) is 5.09. The predicted octanol–water partition coefficient (Wildman–Crippen LogP) is 2.92. The average molecular weight is 482 g/mol. The summed E-state index contributed by atoms with van der Waals surface area (Å²) >= 11 is 2.12. The lowest BCUT2D eigenvalue weighted by Gasteiger charge is -2.30. The summed E-state index contributed by atoms with van der Waals surface area (Å²) in [5.41, 5.74) is 0.684. The van der Waals surface area contributed by atoms with Crippen LogP contribution in [0.3, 0.4) is 0 Å². The summed E-state index contributed by atoms with van der Waals surface area (Å²) in [6, 6.07) is 10.6. The van der Waals surface area contributed by atoms with Gasteiger partial charge in [-0.2, -0.15) is 0 Å². The van der Waals surface area contributed by atoms with E-state index >= 15 is 0 Å². The molecule has 1 aromatic carbocycles. The van der Waals surface area contributed by atoms with Crippen LogP contribution >= 0.6 is 22.6 Å². The first kappa shape index (κ1) is 19.4. The fourth-order valence-electron chi connectivity index (χ4n) is 2.88. The van der Waals surface area contributed by atoms with E-state index in [0.717, 1.165) is 3.57 Å². The fraction of sp³-hybridized carbons (Fsp3) is 0.316. The zero-order valence-electron chi connectivity index (χ0n) is 14.5. The van der Waals surface area contributed by atoms with Gasteiger partial charge in [-0.1, -0.05) is 12.1 Å². The lowest BCUT2D eigenvalue weighted by Crippen LogP contribution is -2.40. The highest BCUT2D eigenvalue weighted by Crippen LogP contribution is 2.21. The summed E-state index contributed by atoms with van der Waals surface area (Å²) in [4.78, 5) is 38.0. The highest BCUT2D eigenvalue weighted by Gasteiger charge is 2.29. The number of likely N-dealkylation sites (tertiary alicyclic amines) is 1. The Kier molecular flexibility index (Phi) is 6.49. The zero-order chi connectivity index (χ0) is 19.2. The van der Waals surface area contributed by atoms with Gasteiger partial charge < -0.3 is 19.4 Å². The molecular weight excluding hydrogens is 463 g/mol. The quantitative estimate of drug-likeness (QED) is 0.523. The predicted molar refractivity (Wildman–Crippen MR) is 106 cm³/mol. The molecule has 3 rings (SSSR count). The number of anilines is 1. The van der Waals surface area contributed by atoms with E-state index in [0.29, 0.717) is 37.4 Å². The van der Waals surface area contributed by atoms with E-state index in [1.54, 1.807) is 23.1 Å². The first-order valence-electron chi connectivity index (χ1n) is 8.58. The van der Waals surface area contributed by atoms with Gasteiger partial charge in [0.2, 0.25) is 0 Å². The number of hydrogen-bond donors (Lipinski definition) is 1. The molecule has 0 atom stereocenters.